The lowest BCUT2D eigenvalue weighted by Crippen LogP contribution is -2.36. The average molecular weight is 258 g/mol. The van der Waals surface area contributed by atoms with Gasteiger partial charge in [-0.05, 0) is 12.1 Å². The number of hydrogen-bond donors (Lipinski definition) is 1. The van der Waals surface area contributed by atoms with Gasteiger partial charge in [-0.3, -0.25) is 4.98 Å². The van der Waals surface area contributed by atoms with E-state index in [9.17, 15) is 9.90 Å². The van der Waals surface area contributed by atoms with Gasteiger partial charge < -0.3 is 14.7 Å². The minimum Gasteiger partial charge on any atom is -0.478 e. The fraction of sp³-hybridized carbons (Fsp3) is 0.286. The summed E-state index contributed by atoms with van der Waals surface area (Å²) in [7, 11) is 0. The maximum atomic E-state index is 11.2. The summed E-state index contributed by atoms with van der Waals surface area (Å²) in [6, 6.07) is 7.19. The number of carboxylic acids is 1. The fourth-order valence-corrected chi connectivity index (χ4v) is 2.41. The Hall–Kier alpha value is -2.14. The number of hydrogen-bond acceptors (Lipinski definition) is 4. The minimum atomic E-state index is -0.947. The van der Waals surface area contributed by atoms with Crippen LogP contribution in [0, 0.1) is 0 Å². The molecule has 0 aliphatic carbocycles. The van der Waals surface area contributed by atoms with E-state index >= 15 is 0 Å². The number of morpholine rings is 1. The Kier molecular flexibility index (Phi) is 3.05. The van der Waals surface area contributed by atoms with Gasteiger partial charge in [-0.25, -0.2) is 4.79 Å². The Morgan fingerprint density at radius 1 is 1.26 bits per heavy atom. The van der Waals surface area contributed by atoms with Gasteiger partial charge in [0.05, 0.1) is 24.3 Å². The van der Waals surface area contributed by atoms with Gasteiger partial charge in [0.1, 0.15) is 0 Å². The third kappa shape index (κ3) is 2.13. The van der Waals surface area contributed by atoms with Crippen molar-refractivity contribution in [1.29, 1.82) is 0 Å². The molecule has 2 heterocycles. The van der Waals surface area contributed by atoms with Crippen molar-refractivity contribution in [1.82, 2.24) is 4.98 Å². The van der Waals surface area contributed by atoms with E-state index in [-0.39, 0.29) is 5.56 Å². The van der Waals surface area contributed by atoms with Crippen LogP contribution in [0.15, 0.2) is 30.5 Å². The number of fused-ring (bicyclic) bond motifs is 1. The summed E-state index contributed by atoms with van der Waals surface area (Å²) in [6.45, 7) is 3.03. The zero-order chi connectivity index (χ0) is 13.2. The number of nitrogens with zero attached hydrogens (tertiary/aromatic N) is 2. The van der Waals surface area contributed by atoms with Crippen molar-refractivity contribution in [2.24, 2.45) is 0 Å². The summed E-state index contributed by atoms with van der Waals surface area (Å²) in [5, 5.41) is 10.1. The molecule has 5 heteroatoms. The number of aromatic nitrogens is 1. The van der Waals surface area contributed by atoms with Crippen molar-refractivity contribution in [2.75, 3.05) is 31.2 Å². The molecule has 1 N–H and O–H groups in total. The van der Waals surface area contributed by atoms with E-state index in [1.54, 1.807) is 18.3 Å². The molecule has 0 spiro atoms. The molecule has 0 bridgehead atoms. The van der Waals surface area contributed by atoms with Crippen molar-refractivity contribution in [3.63, 3.8) is 0 Å². The number of pyridine rings is 1. The predicted octanol–water partition coefficient (Wildman–Crippen LogP) is 1.77. The zero-order valence-corrected chi connectivity index (χ0v) is 10.4. The van der Waals surface area contributed by atoms with Crippen LogP contribution in [0.4, 0.5) is 5.69 Å². The van der Waals surface area contributed by atoms with E-state index in [1.165, 1.54) is 0 Å². The van der Waals surface area contributed by atoms with Crippen LogP contribution in [0.3, 0.4) is 0 Å². The molecule has 1 aliphatic rings. The molecule has 2 aromatic rings. The largest absolute Gasteiger partial charge is 0.478 e. The molecule has 5 nitrogen and oxygen atoms in total. The van der Waals surface area contributed by atoms with Crippen LogP contribution in [0.2, 0.25) is 0 Å². The van der Waals surface area contributed by atoms with Gasteiger partial charge in [-0.2, -0.15) is 0 Å². The van der Waals surface area contributed by atoms with Crippen LogP contribution < -0.4 is 4.90 Å². The molecule has 1 aromatic carbocycles. The molecule has 98 valence electrons. The average Bonchev–Trinajstić information content (AvgIpc) is 2.46. The number of carbonyl (C=O) groups is 1. The monoisotopic (exact) mass is 258 g/mol. The van der Waals surface area contributed by atoms with Gasteiger partial charge in [0.15, 0.2) is 0 Å². The highest BCUT2D eigenvalue weighted by Gasteiger charge is 2.16. The van der Waals surface area contributed by atoms with Crippen LogP contribution >= 0.6 is 0 Å². The lowest BCUT2D eigenvalue weighted by atomic mass is 10.1. The van der Waals surface area contributed by atoms with Crippen molar-refractivity contribution >= 4 is 22.6 Å². The third-order valence-corrected chi connectivity index (χ3v) is 3.33. The molecule has 19 heavy (non-hydrogen) atoms. The van der Waals surface area contributed by atoms with E-state index < -0.39 is 5.97 Å². The Bertz CT molecular complexity index is 621. The van der Waals surface area contributed by atoms with Crippen LogP contribution in [-0.2, 0) is 4.74 Å². The Balaban J connectivity index is 2.15. The van der Waals surface area contributed by atoms with E-state index in [0.29, 0.717) is 18.7 Å². The molecule has 0 unspecified atom stereocenters. The van der Waals surface area contributed by atoms with E-state index in [1.807, 2.05) is 12.1 Å². The summed E-state index contributed by atoms with van der Waals surface area (Å²) >= 11 is 0. The second kappa shape index (κ2) is 4.85. The molecule has 1 aliphatic heterocycles. The Morgan fingerprint density at radius 2 is 2.05 bits per heavy atom. The summed E-state index contributed by atoms with van der Waals surface area (Å²) in [6.07, 6.45) is 1.67. The lowest BCUT2D eigenvalue weighted by Gasteiger charge is -2.29. The van der Waals surface area contributed by atoms with E-state index in [4.69, 9.17) is 4.74 Å². The quantitative estimate of drug-likeness (QED) is 0.889. The van der Waals surface area contributed by atoms with Crippen LogP contribution in [0.25, 0.3) is 10.9 Å². The molecular weight excluding hydrogens is 244 g/mol. The van der Waals surface area contributed by atoms with Gasteiger partial charge in [-0.1, -0.05) is 12.1 Å². The van der Waals surface area contributed by atoms with Crippen molar-refractivity contribution < 1.29 is 14.6 Å². The first-order valence-electron chi connectivity index (χ1n) is 6.21. The third-order valence-electron chi connectivity index (χ3n) is 3.33. The summed E-state index contributed by atoms with van der Waals surface area (Å²) in [5.41, 5.74) is 1.81. The van der Waals surface area contributed by atoms with Crippen LogP contribution in [0.1, 0.15) is 10.4 Å². The number of ether oxygens (including phenoxy) is 1. The molecule has 0 radical (unpaired) electrons. The highest BCUT2D eigenvalue weighted by atomic mass is 16.5. The number of benzene rings is 1. The van der Waals surface area contributed by atoms with Gasteiger partial charge >= 0.3 is 5.97 Å². The van der Waals surface area contributed by atoms with E-state index in [0.717, 1.165) is 24.2 Å². The first-order chi connectivity index (χ1) is 9.27. The molecule has 0 amide bonds. The number of carboxylic acid groups (broad SMARTS) is 1. The normalized spacial score (nSPS) is 15.7. The van der Waals surface area contributed by atoms with Crippen molar-refractivity contribution in [2.45, 2.75) is 0 Å². The second-order valence-corrected chi connectivity index (χ2v) is 4.44. The molecule has 1 aromatic heterocycles. The molecular formula is C14H14N2O3. The van der Waals surface area contributed by atoms with Gasteiger partial charge in [0, 0.05) is 30.4 Å². The number of anilines is 1. The first-order valence-corrected chi connectivity index (χ1v) is 6.21. The molecule has 1 saturated heterocycles. The van der Waals surface area contributed by atoms with Crippen molar-refractivity contribution in [3.05, 3.63) is 36.0 Å². The fourth-order valence-electron chi connectivity index (χ4n) is 2.41. The zero-order valence-electron chi connectivity index (χ0n) is 10.4. The lowest BCUT2D eigenvalue weighted by molar-refractivity contribution is 0.0699. The Morgan fingerprint density at radius 3 is 2.79 bits per heavy atom. The van der Waals surface area contributed by atoms with Gasteiger partial charge in [0.25, 0.3) is 0 Å². The molecule has 3 rings (SSSR count). The number of rotatable bonds is 2. The second-order valence-electron chi connectivity index (χ2n) is 4.44. The van der Waals surface area contributed by atoms with E-state index in [2.05, 4.69) is 9.88 Å². The summed E-state index contributed by atoms with van der Waals surface area (Å²) < 4.78 is 5.34. The maximum Gasteiger partial charge on any atom is 0.337 e. The minimum absolute atomic E-state index is 0.243. The number of para-hydroxylation sites is 1. The summed E-state index contributed by atoms with van der Waals surface area (Å²) in [4.78, 5) is 17.7. The highest BCUT2D eigenvalue weighted by molar-refractivity contribution is 6.05. The summed E-state index contributed by atoms with van der Waals surface area (Å²) in [5.74, 6) is -0.947. The first kappa shape index (κ1) is 11.9. The van der Waals surface area contributed by atoms with Crippen LogP contribution in [-0.4, -0.2) is 42.4 Å². The standard InChI is InChI=1S/C14H14N2O3/c17-14(18)11-3-1-2-10-12(4-5-15-13(10)11)16-6-8-19-9-7-16/h1-5H,6-9H2,(H,17,18). The maximum absolute atomic E-state index is 11.2. The SMILES string of the molecule is O=C(O)c1cccc2c(N3CCOCC3)ccnc12. The number of aromatic carboxylic acids is 1. The van der Waals surface area contributed by atoms with Gasteiger partial charge in [0.2, 0.25) is 0 Å². The van der Waals surface area contributed by atoms with Crippen molar-refractivity contribution in [3.8, 4) is 0 Å². The smallest absolute Gasteiger partial charge is 0.337 e. The van der Waals surface area contributed by atoms with Crippen LogP contribution in [0.5, 0.6) is 0 Å². The highest BCUT2D eigenvalue weighted by Crippen LogP contribution is 2.27. The predicted molar refractivity (Wildman–Crippen MR) is 71.7 cm³/mol. The molecule has 0 saturated carbocycles. The Labute approximate surface area is 110 Å². The molecule has 1 fully saturated rings. The topological polar surface area (TPSA) is 62.7 Å². The molecule has 0 atom stereocenters. The van der Waals surface area contributed by atoms with Gasteiger partial charge in [-0.15, -0.1) is 0 Å².